The molecule has 6 heteroatoms. The molecular formula is C21H27N3O3. The summed E-state index contributed by atoms with van der Waals surface area (Å²) in [5, 5.41) is 17.1. The molecule has 1 amide bonds. The van der Waals surface area contributed by atoms with Crippen LogP contribution in [0.2, 0.25) is 0 Å². The number of nitrogens with one attached hydrogen (secondary N) is 1. The van der Waals surface area contributed by atoms with Crippen molar-refractivity contribution in [3.8, 4) is 0 Å². The quantitative estimate of drug-likeness (QED) is 0.868. The van der Waals surface area contributed by atoms with Gasteiger partial charge in [0.25, 0.3) is 5.91 Å². The number of aliphatic hydroxyl groups is 1. The Kier molecular flexibility index (Phi) is 5.55. The molecule has 1 saturated heterocycles. The Balaban J connectivity index is 1.64. The molecule has 0 bridgehead atoms. The Hall–Kier alpha value is -2.18. The van der Waals surface area contributed by atoms with Crippen LogP contribution in [0, 0.1) is 0 Å². The first-order valence-electron chi connectivity index (χ1n) is 9.91. The number of aromatic nitrogens is 2. The summed E-state index contributed by atoms with van der Waals surface area (Å²) in [4.78, 5) is 15.3. The SMILES string of the molecule is O=C(c1cn[nH]c1C1CCCCC1)N1CCO[C@H](CO)[C@H]1c1ccccc1. The zero-order valence-electron chi connectivity index (χ0n) is 15.5. The van der Waals surface area contributed by atoms with Crippen LogP contribution in [0.15, 0.2) is 36.5 Å². The van der Waals surface area contributed by atoms with Crippen LogP contribution in [-0.4, -0.2) is 52.0 Å². The molecule has 27 heavy (non-hydrogen) atoms. The highest BCUT2D eigenvalue weighted by atomic mass is 16.5. The van der Waals surface area contributed by atoms with Crippen LogP contribution >= 0.6 is 0 Å². The molecule has 1 aromatic carbocycles. The van der Waals surface area contributed by atoms with E-state index in [0.29, 0.717) is 24.6 Å². The Labute approximate surface area is 159 Å². The zero-order chi connectivity index (χ0) is 18.6. The predicted octanol–water partition coefficient (Wildman–Crippen LogP) is 3.03. The van der Waals surface area contributed by atoms with Crippen molar-refractivity contribution in [3.05, 3.63) is 53.3 Å². The fourth-order valence-corrected chi connectivity index (χ4v) is 4.48. The molecule has 1 aromatic heterocycles. The molecule has 4 rings (SSSR count). The summed E-state index contributed by atoms with van der Waals surface area (Å²) in [6.45, 7) is 0.811. The number of ether oxygens (including phenoxy) is 1. The van der Waals surface area contributed by atoms with E-state index in [4.69, 9.17) is 4.74 Å². The van der Waals surface area contributed by atoms with E-state index in [1.807, 2.05) is 35.2 Å². The van der Waals surface area contributed by atoms with Gasteiger partial charge >= 0.3 is 0 Å². The average molecular weight is 369 g/mol. The van der Waals surface area contributed by atoms with Crippen molar-refractivity contribution in [1.82, 2.24) is 15.1 Å². The summed E-state index contributed by atoms with van der Waals surface area (Å²) in [6, 6.07) is 9.52. The van der Waals surface area contributed by atoms with E-state index < -0.39 is 6.10 Å². The lowest BCUT2D eigenvalue weighted by atomic mass is 9.85. The van der Waals surface area contributed by atoms with E-state index in [1.165, 1.54) is 19.3 Å². The van der Waals surface area contributed by atoms with Gasteiger partial charge in [0.05, 0.1) is 36.7 Å². The Morgan fingerprint density at radius 3 is 2.74 bits per heavy atom. The van der Waals surface area contributed by atoms with Crippen molar-refractivity contribution in [3.63, 3.8) is 0 Å². The van der Waals surface area contributed by atoms with E-state index in [1.54, 1.807) is 6.20 Å². The topological polar surface area (TPSA) is 78.5 Å². The molecule has 2 N–H and O–H groups in total. The number of aromatic amines is 1. The molecule has 2 aromatic rings. The fourth-order valence-electron chi connectivity index (χ4n) is 4.48. The predicted molar refractivity (Wildman–Crippen MR) is 101 cm³/mol. The van der Waals surface area contributed by atoms with Gasteiger partial charge in [-0.15, -0.1) is 0 Å². The second kappa shape index (κ2) is 8.23. The van der Waals surface area contributed by atoms with Crippen molar-refractivity contribution in [1.29, 1.82) is 0 Å². The molecule has 0 unspecified atom stereocenters. The van der Waals surface area contributed by atoms with E-state index in [9.17, 15) is 9.90 Å². The van der Waals surface area contributed by atoms with E-state index in [0.717, 1.165) is 24.1 Å². The van der Waals surface area contributed by atoms with Crippen molar-refractivity contribution < 1.29 is 14.6 Å². The van der Waals surface area contributed by atoms with Gasteiger partial charge in [-0.05, 0) is 18.4 Å². The van der Waals surface area contributed by atoms with Gasteiger partial charge in [0.15, 0.2) is 0 Å². The average Bonchev–Trinajstić information content (AvgIpc) is 3.24. The number of H-pyrrole nitrogens is 1. The van der Waals surface area contributed by atoms with Crippen molar-refractivity contribution in [2.75, 3.05) is 19.8 Å². The number of carbonyl (C=O) groups is 1. The van der Waals surface area contributed by atoms with Crippen LogP contribution in [0.4, 0.5) is 0 Å². The van der Waals surface area contributed by atoms with Gasteiger partial charge < -0.3 is 14.7 Å². The molecule has 2 atom stereocenters. The number of amides is 1. The Morgan fingerprint density at radius 1 is 1.22 bits per heavy atom. The largest absolute Gasteiger partial charge is 0.394 e. The van der Waals surface area contributed by atoms with E-state index >= 15 is 0 Å². The highest BCUT2D eigenvalue weighted by Crippen LogP contribution is 2.36. The summed E-state index contributed by atoms with van der Waals surface area (Å²) in [7, 11) is 0. The molecule has 1 saturated carbocycles. The highest BCUT2D eigenvalue weighted by molar-refractivity contribution is 5.95. The van der Waals surface area contributed by atoms with E-state index in [-0.39, 0.29) is 18.6 Å². The van der Waals surface area contributed by atoms with Crippen LogP contribution < -0.4 is 0 Å². The minimum absolute atomic E-state index is 0.0278. The number of aliphatic hydroxyl groups excluding tert-OH is 1. The summed E-state index contributed by atoms with van der Waals surface area (Å²) >= 11 is 0. The molecule has 0 spiro atoms. The number of carbonyl (C=O) groups excluding carboxylic acids is 1. The number of hydrogen-bond donors (Lipinski definition) is 2. The van der Waals surface area contributed by atoms with Gasteiger partial charge in [0, 0.05) is 12.5 Å². The molecule has 1 aliphatic heterocycles. The van der Waals surface area contributed by atoms with Crippen molar-refractivity contribution >= 4 is 5.91 Å². The molecular weight excluding hydrogens is 342 g/mol. The summed E-state index contributed by atoms with van der Waals surface area (Å²) in [5.41, 5.74) is 2.62. The lowest BCUT2D eigenvalue weighted by Crippen LogP contribution is -2.49. The zero-order valence-corrected chi connectivity index (χ0v) is 15.5. The third kappa shape index (κ3) is 3.64. The van der Waals surface area contributed by atoms with Gasteiger partial charge in [-0.25, -0.2) is 0 Å². The second-order valence-corrected chi connectivity index (χ2v) is 7.48. The molecule has 2 fully saturated rings. The van der Waals surface area contributed by atoms with Crippen LogP contribution in [0.1, 0.15) is 65.7 Å². The number of nitrogens with zero attached hydrogens (tertiary/aromatic N) is 2. The first kappa shape index (κ1) is 18.2. The van der Waals surface area contributed by atoms with Crippen LogP contribution in [0.3, 0.4) is 0 Å². The van der Waals surface area contributed by atoms with Gasteiger partial charge in [-0.2, -0.15) is 5.10 Å². The maximum Gasteiger partial charge on any atom is 0.258 e. The molecule has 2 aliphatic rings. The molecule has 1 aliphatic carbocycles. The normalized spacial score (nSPS) is 24.1. The van der Waals surface area contributed by atoms with Gasteiger partial charge in [-0.3, -0.25) is 9.89 Å². The van der Waals surface area contributed by atoms with Crippen LogP contribution in [-0.2, 0) is 4.74 Å². The number of hydrogen-bond acceptors (Lipinski definition) is 4. The minimum atomic E-state index is -0.421. The Morgan fingerprint density at radius 2 is 2.00 bits per heavy atom. The molecule has 6 nitrogen and oxygen atoms in total. The minimum Gasteiger partial charge on any atom is -0.394 e. The third-order valence-corrected chi connectivity index (χ3v) is 5.85. The van der Waals surface area contributed by atoms with Gasteiger partial charge in [0.2, 0.25) is 0 Å². The maximum atomic E-state index is 13.5. The lowest BCUT2D eigenvalue weighted by molar-refractivity contribution is -0.0811. The number of morpholine rings is 1. The number of rotatable bonds is 4. The monoisotopic (exact) mass is 369 g/mol. The van der Waals surface area contributed by atoms with Crippen LogP contribution in [0.25, 0.3) is 0 Å². The standard InChI is InChI=1S/C21H27N3O3/c25-14-18-20(16-9-5-2-6-10-16)24(11-12-27-18)21(26)17-13-22-23-19(17)15-7-3-1-4-8-15/h2,5-6,9-10,13,15,18,20,25H,1,3-4,7-8,11-12,14H2,(H,22,23)/t18-,20-/m1/s1. The number of benzene rings is 1. The second-order valence-electron chi connectivity index (χ2n) is 7.48. The molecule has 2 heterocycles. The van der Waals surface area contributed by atoms with Crippen molar-refractivity contribution in [2.45, 2.75) is 50.2 Å². The lowest BCUT2D eigenvalue weighted by Gasteiger charge is -2.41. The molecule has 0 radical (unpaired) electrons. The van der Waals surface area contributed by atoms with Crippen LogP contribution in [0.5, 0.6) is 0 Å². The van der Waals surface area contributed by atoms with E-state index in [2.05, 4.69) is 10.2 Å². The summed E-state index contributed by atoms with van der Waals surface area (Å²) in [6.07, 6.45) is 7.13. The first-order chi connectivity index (χ1) is 13.3. The molecule has 144 valence electrons. The fraction of sp³-hybridized carbons (Fsp3) is 0.524. The maximum absolute atomic E-state index is 13.5. The Bertz CT molecular complexity index is 755. The highest BCUT2D eigenvalue weighted by Gasteiger charge is 2.38. The first-order valence-corrected chi connectivity index (χ1v) is 9.91. The summed E-state index contributed by atoms with van der Waals surface area (Å²) in [5.74, 6) is 0.352. The van der Waals surface area contributed by atoms with Gasteiger partial charge in [0.1, 0.15) is 6.10 Å². The summed E-state index contributed by atoms with van der Waals surface area (Å²) < 4.78 is 5.77. The van der Waals surface area contributed by atoms with Gasteiger partial charge in [-0.1, -0.05) is 49.6 Å². The van der Waals surface area contributed by atoms with Crippen molar-refractivity contribution in [2.24, 2.45) is 0 Å². The third-order valence-electron chi connectivity index (χ3n) is 5.85. The smallest absolute Gasteiger partial charge is 0.258 e.